The molecule has 2 unspecified atom stereocenters. The third-order valence-electron chi connectivity index (χ3n) is 4.13. The third kappa shape index (κ3) is 8.44. The van der Waals surface area contributed by atoms with Crippen LogP contribution in [0.25, 0.3) is 0 Å². The minimum atomic E-state index is -1.52. The molecule has 13 heteroatoms. The summed E-state index contributed by atoms with van der Waals surface area (Å²) in [6.07, 6.45) is -2.09. The van der Waals surface area contributed by atoms with Crippen LogP contribution in [0.3, 0.4) is 0 Å². The van der Waals surface area contributed by atoms with Crippen LogP contribution in [0.15, 0.2) is 16.6 Å². The first-order valence-corrected chi connectivity index (χ1v) is 10.4. The molecule has 2 amide bonds. The molecule has 0 spiro atoms. The number of nitrogens with zero attached hydrogens (tertiary/aromatic N) is 1. The van der Waals surface area contributed by atoms with Crippen molar-refractivity contribution in [2.24, 2.45) is 16.3 Å². The maximum Gasteiger partial charge on any atom is 0.412 e. The number of carbonyl (C=O) groups excluding carboxylic acids is 3. The molecule has 4 atom stereocenters. The number of hydrogen-bond acceptors (Lipinski definition) is 10. The first-order valence-electron chi connectivity index (χ1n) is 9.37. The van der Waals surface area contributed by atoms with Crippen molar-refractivity contribution in [1.29, 1.82) is 0 Å². The zero-order valence-corrected chi connectivity index (χ0v) is 18.5. The average molecular weight is 466 g/mol. The Hall–Kier alpha value is -2.22. The van der Waals surface area contributed by atoms with Crippen LogP contribution in [0.1, 0.15) is 27.7 Å². The largest absolute Gasteiger partial charge is 0.449 e. The van der Waals surface area contributed by atoms with E-state index in [4.69, 9.17) is 14.2 Å². The predicted octanol–water partition coefficient (Wildman–Crippen LogP) is 0.620. The third-order valence-corrected chi connectivity index (χ3v) is 5.09. The molecule has 1 saturated heterocycles. The van der Waals surface area contributed by atoms with Gasteiger partial charge in [0, 0.05) is 5.75 Å². The number of carbonyl (C=O) groups is 3. The van der Waals surface area contributed by atoms with Crippen LogP contribution in [0.2, 0.25) is 0 Å². The number of aliphatic hydroxyl groups excluding tert-OH is 2. The number of hydrogen-bond donors (Lipinski definition) is 4. The quantitative estimate of drug-likeness (QED) is 0.195. The monoisotopic (exact) mass is 465 g/mol. The lowest BCUT2D eigenvalue weighted by Crippen LogP contribution is -2.43. The van der Waals surface area contributed by atoms with Crippen molar-refractivity contribution in [2.75, 3.05) is 19.0 Å². The number of rotatable bonds is 11. The number of allylic oxidation sites excluding steroid dienone is 1. The zero-order valence-electron chi connectivity index (χ0n) is 17.7. The number of alkyl carbamates (subject to hydrolysis) is 1. The number of nitrogens with one attached hydrogen (secondary N) is 2. The second kappa shape index (κ2) is 12.6. The van der Waals surface area contributed by atoms with Crippen molar-refractivity contribution in [3.8, 4) is 0 Å². The summed E-state index contributed by atoms with van der Waals surface area (Å²) in [4.78, 5) is 38.4. The van der Waals surface area contributed by atoms with Gasteiger partial charge in [-0.15, -0.1) is 0 Å². The van der Waals surface area contributed by atoms with Gasteiger partial charge in [-0.1, -0.05) is 25.6 Å². The molecule has 1 aliphatic heterocycles. The van der Waals surface area contributed by atoms with Gasteiger partial charge in [0.15, 0.2) is 17.9 Å². The molecule has 176 valence electrons. The lowest BCUT2D eigenvalue weighted by molar-refractivity contribution is -0.183. The van der Waals surface area contributed by atoms with Crippen LogP contribution >= 0.6 is 11.8 Å². The van der Waals surface area contributed by atoms with E-state index >= 15 is 0 Å². The van der Waals surface area contributed by atoms with E-state index in [2.05, 4.69) is 10.3 Å². The van der Waals surface area contributed by atoms with Gasteiger partial charge in [0.05, 0.1) is 25.5 Å². The van der Waals surface area contributed by atoms with Crippen LogP contribution in [0, 0.1) is 11.3 Å². The van der Waals surface area contributed by atoms with Gasteiger partial charge in [-0.25, -0.2) is 9.18 Å². The van der Waals surface area contributed by atoms with Crippen molar-refractivity contribution in [3.63, 3.8) is 0 Å². The number of ether oxygens (including phenoxy) is 3. The number of aliphatic imine (C=N–C) groups is 1. The highest BCUT2D eigenvalue weighted by atomic mass is 32.2. The smallest absolute Gasteiger partial charge is 0.412 e. The van der Waals surface area contributed by atoms with E-state index in [9.17, 15) is 29.0 Å². The number of aliphatic hydroxyl groups is 2. The van der Waals surface area contributed by atoms with Crippen LogP contribution in [0.5, 0.6) is 0 Å². The maximum atomic E-state index is 14.3. The number of esters is 1. The van der Waals surface area contributed by atoms with Gasteiger partial charge >= 0.3 is 12.1 Å². The van der Waals surface area contributed by atoms with Crippen LogP contribution < -0.4 is 10.6 Å². The number of thioether (sulfide) groups is 1. The molecule has 0 aliphatic carbocycles. The lowest BCUT2D eigenvalue weighted by Gasteiger charge is -2.28. The molecule has 31 heavy (non-hydrogen) atoms. The second-order valence-corrected chi connectivity index (χ2v) is 8.30. The minimum absolute atomic E-state index is 0.0681. The fraction of sp³-hybridized carbons (Fsp3) is 0.667. The fourth-order valence-electron chi connectivity index (χ4n) is 1.91. The Bertz CT molecular complexity index is 703. The van der Waals surface area contributed by atoms with Crippen molar-refractivity contribution < 1.29 is 43.2 Å². The first kappa shape index (κ1) is 26.8. The van der Waals surface area contributed by atoms with E-state index in [0.29, 0.717) is 0 Å². The molecular weight excluding hydrogens is 437 g/mol. The van der Waals surface area contributed by atoms with Gasteiger partial charge in [0.25, 0.3) is 5.62 Å². The van der Waals surface area contributed by atoms with Crippen molar-refractivity contribution in [1.82, 2.24) is 10.6 Å². The Kier molecular flexibility index (Phi) is 10.9. The van der Waals surface area contributed by atoms with Crippen molar-refractivity contribution in [2.45, 2.75) is 45.6 Å². The molecule has 0 aromatic rings. The molecule has 0 radical (unpaired) electrons. The lowest BCUT2D eigenvalue weighted by atomic mass is 9.86. The van der Waals surface area contributed by atoms with Gasteiger partial charge in [0.1, 0.15) is 5.41 Å². The minimum Gasteiger partial charge on any atom is -0.449 e. The summed E-state index contributed by atoms with van der Waals surface area (Å²) in [5.74, 6) is -2.20. The zero-order chi connectivity index (χ0) is 23.6. The van der Waals surface area contributed by atoms with E-state index in [1.54, 1.807) is 0 Å². The van der Waals surface area contributed by atoms with E-state index in [1.165, 1.54) is 13.8 Å². The molecule has 0 aromatic carbocycles. The standard InChI is InChI=1S/C18H28FN3O8S/c1-10(2)6-28-16(27)22-14(21-9-24)12(19)5-20-13-7-31-17(29-13)30-15(26)18(4,8-23)11(3)25/h5,9-11,13,17,23,25H,6-8H2,1-4H3,(H,21,24)(H,22,27)/t11?,13-,17+,18?/m1/s1. The molecule has 1 fully saturated rings. The number of halogens is 1. The van der Waals surface area contributed by atoms with E-state index in [1.807, 2.05) is 19.2 Å². The van der Waals surface area contributed by atoms with Crippen LogP contribution in [0.4, 0.5) is 9.18 Å². The van der Waals surface area contributed by atoms with E-state index in [-0.39, 0.29) is 24.7 Å². The van der Waals surface area contributed by atoms with Crippen LogP contribution in [-0.2, 0) is 23.8 Å². The SMILES string of the molecule is CC(C)COC(=O)NC(NC=O)=C(F)C=N[C@H]1CS[C@H](OC(=O)C(C)(CO)C(C)O)O1. The van der Waals surface area contributed by atoms with Gasteiger partial charge in [0.2, 0.25) is 6.41 Å². The Labute approximate surface area is 183 Å². The molecule has 0 bridgehead atoms. The molecule has 11 nitrogen and oxygen atoms in total. The fourth-order valence-corrected chi connectivity index (χ4v) is 2.76. The van der Waals surface area contributed by atoms with Gasteiger partial charge in [-0.3, -0.25) is 19.9 Å². The molecule has 0 aromatic heterocycles. The van der Waals surface area contributed by atoms with E-state index in [0.717, 1.165) is 18.0 Å². The summed E-state index contributed by atoms with van der Waals surface area (Å²) in [6.45, 7) is 5.81. The summed E-state index contributed by atoms with van der Waals surface area (Å²) >= 11 is 1.07. The Morgan fingerprint density at radius 2 is 2.10 bits per heavy atom. The van der Waals surface area contributed by atoms with E-state index < -0.39 is 53.7 Å². The Balaban J connectivity index is 2.70. The van der Waals surface area contributed by atoms with Gasteiger partial charge in [-0.05, 0) is 19.8 Å². The van der Waals surface area contributed by atoms with Crippen molar-refractivity contribution in [3.05, 3.63) is 11.6 Å². The Morgan fingerprint density at radius 1 is 1.42 bits per heavy atom. The summed E-state index contributed by atoms with van der Waals surface area (Å²) in [5.41, 5.74) is -2.59. The van der Waals surface area contributed by atoms with Crippen molar-refractivity contribution >= 4 is 36.4 Å². The van der Waals surface area contributed by atoms with Gasteiger partial charge < -0.3 is 29.7 Å². The average Bonchev–Trinajstić information content (AvgIpc) is 3.16. The van der Waals surface area contributed by atoms with Gasteiger partial charge in [-0.2, -0.15) is 0 Å². The Morgan fingerprint density at radius 3 is 2.65 bits per heavy atom. The van der Waals surface area contributed by atoms with Crippen LogP contribution in [-0.4, -0.2) is 71.8 Å². The summed E-state index contributed by atoms with van der Waals surface area (Å²) in [6, 6.07) is 0. The molecule has 1 rings (SSSR count). The molecule has 4 N–H and O–H groups in total. The topological polar surface area (TPSA) is 156 Å². The predicted molar refractivity (Wildman–Crippen MR) is 109 cm³/mol. The molecular formula is C18H28FN3O8S. The summed E-state index contributed by atoms with van der Waals surface area (Å²) in [7, 11) is 0. The number of amides is 2. The molecule has 0 saturated carbocycles. The molecule has 1 heterocycles. The first-order chi connectivity index (χ1) is 14.5. The highest BCUT2D eigenvalue weighted by molar-refractivity contribution is 7.99. The molecule has 1 aliphatic rings. The second-order valence-electron chi connectivity index (χ2n) is 7.25. The highest BCUT2D eigenvalue weighted by Gasteiger charge is 2.42. The highest BCUT2D eigenvalue weighted by Crippen LogP contribution is 2.31. The maximum absolute atomic E-state index is 14.3. The summed E-state index contributed by atoms with van der Waals surface area (Å²) < 4.78 is 29.6. The summed E-state index contributed by atoms with van der Waals surface area (Å²) in [5, 5.41) is 23.1. The normalized spacial score (nSPS) is 22.5.